The summed E-state index contributed by atoms with van der Waals surface area (Å²) in [5.74, 6) is -0.576. The molecule has 32 heavy (non-hydrogen) atoms. The van der Waals surface area contributed by atoms with E-state index < -0.39 is 17.5 Å². The van der Waals surface area contributed by atoms with Gasteiger partial charge in [0.1, 0.15) is 17.7 Å². The van der Waals surface area contributed by atoms with Crippen LogP contribution in [0.25, 0.3) is 22.2 Å². The Morgan fingerprint density at radius 2 is 1.84 bits per heavy atom. The van der Waals surface area contributed by atoms with Crippen molar-refractivity contribution < 1.29 is 13.2 Å². The van der Waals surface area contributed by atoms with Gasteiger partial charge < -0.3 is 10.3 Å². The summed E-state index contributed by atoms with van der Waals surface area (Å²) < 4.78 is 44.0. The van der Waals surface area contributed by atoms with E-state index in [2.05, 4.69) is 21.4 Å². The second-order valence-corrected chi connectivity index (χ2v) is 9.58. The molecule has 2 bridgehead atoms. The van der Waals surface area contributed by atoms with Crippen molar-refractivity contribution in [1.29, 1.82) is 5.26 Å². The standard InChI is InChI=1S/C25H23F3N4/c26-15-8-16-18(11-30-24(16)19(27)9-15)23-17(10-29)21(14-5-6-14)22(28)25(32-23)31-20-7-12-1-3-13(20)4-2-12/h8-9,11-14,20,30H,1-7H2,(H,31,32). The third-order valence-electron chi connectivity index (χ3n) is 7.60. The van der Waals surface area contributed by atoms with Crippen molar-refractivity contribution in [2.45, 2.75) is 56.9 Å². The molecule has 1 atom stereocenters. The van der Waals surface area contributed by atoms with E-state index in [9.17, 15) is 14.0 Å². The summed E-state index contributed by atoms with van der Waals surface area (Å²) in [5, 5.41) is 13.6. The SMILES string of the molecule is N#Cc1c(-c2c[nH]c3c(F)cc(F)cc23)nc(NC2CC3CCC2CC3)c(F)c1C1CC1. The number of fused-ring (bicyclic) bond motifs is 4. The lowest BCUT2D eigenvalue weighted by Crippen LogP contribution is -2.40. The van der Waals surface area contributed by atoms with Gasteiger partial charge in [0.05, 0.1) is 16.8 Å². The minimum atomic E-state index is -0.717. The number of nitrogens with zero attached hydrogens (tertiary/aromatic N) is 2. The highest BCUT2D eigenvalue weighted by Gasteiger charge is 2.38. The average Bonchev–Trinajstić information content (AvgIpc) is 3.54. The smallest absolute Gasteiger partial charge is 0.170 e. The number of pyridine rings is 1. The van der Waals surface area contributed by atoms with Crippen LogP contribution >= 0.6 is 0 Å². The van der Waals surface area contributed by atoms with Gasteiger partial charge in [0.2, 0.25) is 0 Å². The van der Waals surface area contributed by atoms with Gasteiger partial charge in [-0.3, -0.25) is 0 Å². The lowest BCUT2D eigenvalue weighted by molar-refractivity contribution is 0.157. The van der Waals surface area contributed by atoms with Crippen LogP contribution in [0.5, 0.6) is 0 Å². The number of anilines is 1. The molecule has 4 aliphatic carbocycles. The molecular weight excluding hydrogens is 413 g/mol. The minimum absolute atomic E-state index is 0.0200. The van der Waals surface area contributed by atoms with Crippen LogP contribution in [0.2, 0.25) is 0 Å². The van der Waals surface area contributed by atoms with Crippen molar-refractivity contribution in [2.75, 3.05) is 5.32 Å². The first-order valence-corrected chi connectivity index (χ1v) is 11.4. The normalized spacial score (nSPS) is 24.6. The van der Waals surface area contributed by atoms with Crippen LogP contribution in [0.15, 0.2) is 18.3 Å². The molecule has 0 aliphatic heterocycles. The quantitative estimate of drug-likeness (QED) is 0.498. The summed E-state index contributed by atoms with van der Waals surface area (Å²) in [4.78, 5) is 7.40. The van der Waals surface area contributed by atoms with Crippen LogP contribution in [0.1, 0.15) is 62.0 Å². The molecular formula is C25H23F3N4. The van der Waals surface area contributed by atoms with E-state index in [1.54, 1.807) is 0 Å². The molecule has 2 N–H and O–H groups in total. The van der Waals surface area contributed by atoms with Gasteiger partial charge in [-0.2, -0.15) is 5.26 Å². The number of H-pyrrole nitrogens is 1. The Hall–Kier alpha value is -3.01. The van der Waals surface area contributed by atoms with Gasteiger partial charge in [0.15, 0.2) is 11.6 Å². The maximum absolute atomic E-state index is 15.7. The number of aromatic amines is 1. The summed E-state index contributed by atoms with van der Waals surface area (Å²) in [7, 11) is 0. The summed E-state index contributed by atoms with van der Waals surface area (Å²) in [6, 6.07) is 4.33. The highest BCUT2D eigenvalue weighted by atomic mass is 19.1. The van der Waals surface area contributed by atoms with E-state index in [1.807, 2.05) is 0 Å². The third-order valence-corrected chi connectivity index (χ3v) is 7.60. The fourth-order valence-corrected chi connectivity index (χ4v) is 5.82. The Bertz CT molecular complexity index is 1260. The Labute approximate surface area is 183 Å². The highest BCUT2D eigenvalue weighted by Crippen LogP contribution is 2.48. The topological polar surface area (TPSA) is 64.5 Å². The first-order chi connectivity index (χ1) is 15.5. The van der Waals surface area contributed by atoms with Crippen molar-refractivity contribution in [1.82, 2.24) is 9.97 Å². The van der Waals surface area contributed by atoms with Crippen LogP contribution in [0.3, 0.4) is 0 Å². The van der Waals surface area contributed by atoms with Crippen molar-refractivity contribution in [3.8, 4) is 17.3 Å². The number of nitriles is 1. The largest absolute Gasteiger partial charge is 0.365 e. The lowest BCUT2D eigenvalue weighted by Gasteiger charge is -2.43. The van der Waals surface area contributed by atoms with Gasteiger partial charge in [-0.1, -0.05) is 12.8 Å². The maximum Gasteiger partial charge on any atom is 0.170 e. The Morgan fingerprint density at radius 1 is 1.06 bits per heavy atom. The number of hydrogen-bond donors (Lipinski definition) is 2. The molecule has 2 heterocycles. The molecule has 1 aromatic carbocycles. The zero-order chi connectivity index (χ0) is 22.0. The predicted molar refractivity (Wildman–Crippen MR) is 116 cm³/mol. The zero-order valence-corrected chi connectivity index (χ0v) is 17.5. The molecule has 0 radical (unpaired) electrons. The average molecular weight is 436 g/mol. The first-order valence-electron chi connectivity index (χ1n) is 11.4. The van der Waals surface area contributed by atoms with E-state index in [1.165, 1.54) is 25.1 Å². The molecule has 4 nitrogen and oxygen atoms in total. The molecule has 164 valence electrons. The molecule has 7 heteroatoms. The first kappa shape index (κ1) is 19.7. The fraction of sp³-hybridized carbons (Fsp3) is 0.440. The van der Waals surface area contributed by atoms with Gasteiger partial charge in [0.25, 0.3) is 0 Å². The summed E-state index contributed by atoms with van der Waals surface area (Å²) in [5.41, 5.74) is 1.36. The van der Waals surface area contributed by atoms with E-state index >= 15 is 4.39 Å². The molecule has 3 aromatic rings. The van der Waals surface area contributed by atoms with Gasteiger partial charge in [0, 0.05) is 34.8 Å². The van der Waals surface area contributed by atoms with E-state index in [0.29, 0.717) is 28.3 Å². The van der Waals surface area contributed by atoms with Crippen molar-refractivity contribution in [3.63, 3.8) is 0 Å². The molecule has 4 fully saturated rings. The number of halogens is 3. The molecule has 0 saturated heterocycles. The molecule has 2 aromatic heterocycles. The second-order valence-electron chi connectivity index (χ2n) is 9.58. The van der Waals surface area contributed by atoms with Crippen molar-refractivity contribution >= 4 is 16.7 Å². The predicted octanol–water partition coefficient (Wildman–Crippen LogP) is 6.39. The van der Waals surface area contributed by atoms with Crippen molar-refractivity contribution in [2.24, 2.45) is 11.8 Å². The van der Waals surface area contributed by atoms with E-state index in [0.717, 1.165) is 38.2 Å². The number of aromatic nitrogens is 2. The zero-order valence-electron chi connectivity index (χ0n) is 17.5. The van der Waals surface area contributed by atoms with E-state index in [-0.39, 0.29) is 34.6 Å². The Morgan fingerprint density at radius 3 is 2.50 bits per heavy atom. The molecule has 1 unspecified atom stereocenters. The van der Waals surface area contributed by atoms with Crippen molar-refractivity contribution in [3.05, 3.63) is 46.9 Å². The molecule has 7 rings (SSSR count). The highest BCUT2D eigenvalue weighted by molar-refractivity contribution is 5.96. The molecule has 4 aliphatic rings. The Kier molecular flexibility index (Phi) is 4.46. The van der Waals surface area contributed by atoms with Crippen LogP contribution in [0.4, 0.5) is 19.0 Å². The number of benzene rings is 1. The maximum atomic E-state index is 15.7. The van der Waals surface area contributed by atoms with Crippen LogP contribution < -0.4 is 5.32 Å². The number of nitrogens with one attached hydrogen (secondary N) is 2. The number of rotatable bonds is 4. The molecule has 0 spiro atoms. The summed E-state index contributed by atoms with van der Waals surface area (Å²) >= 11 is 0. The molecule has 4 saturated carbocycles. The van der Waals surface area contributed by atoms with E-state index in [4.69, 9.17) is 0 Å². The van der Waals surface area contributed by atoms with Gasteiger partial charge in [-0.05, 0) is 55.9 Å². The minimum Gasteiger partial charge on any atom is -0.365 e. The lowest BCUT2D eigenvalue weighted by atomic mass is 9.68. The monoisotopic (exact) mass is 436 g/mol. The van der Waals surface area contributed by atoms with Crippen LogP contribution in [-0.4, -0.2) is 16.0 Å². The van der Waals surface area contributed by atoms with Gasteiger partial charge in [-0.15, -0.1) is 0 Å². The summed E-state index contributed by atoms with van der Waals surface area (Å²) in [6.45, 7) is 0. The second kappa shape index (κ2) is 7.26. The third kappa shape index (κ3) is 3.08. The number of hydrogen-bond acceptors (Lipinski definition) is 3. The van der Waals surface area contributed by atoms with Crippen LogP contribution in [0, 0.1) is 40.6 Å². The molecule has 0 amide bonds. The fourth-order valence-electron chi connectivity index (χ4n) is 5.82. The van der Waals surface area contributed by atoms with Gasteiger partial charge in [-0.25, -0.2) is 18.2 Å². The van der Waals surface area contributed by atoms with Gasteiger partial charge >= 0.3 is 0 Å². The van der Waals surface area contributed by atoms with Crippen LogP contribution in [-0.2, 0) is 0 Å². The summed E-state index contributed by atoms with van der Waals surface area (Å²) in [6.07, 6.45) is 8.92. The Balaban J connectivity index is 1.52.